The second kappa shape index (κ2) is 6.69. The molecule has 0 spiro atoms. The van der Waals surface area contributed by atoms with Gasteiger partial charge in [-0.05, 0) is 31.5 Å². The second-order valence-corrected chi connectivity index (χ2v) is 6.76. The third-order valence-electron chi connectivity index (χ3n) is 3.43. The van der Waals surface area contributed by atoms with Crippen LogP contribution in [0.5, 0.6) is 5.75 Å². The van der Waals surface area contributed by atoms with Gasteiger partial charge in [0.2, 0.25) is 0 Å². The summed E-state index contributed by atoms with van der Waals surface area (Å²) in [5.74, 6) is 1.24. The first kappa shape index (κ1) is 17.5. The van der Waals surface area contributed by atoms with Gasteiger partial charge in [0.25, 0.3) is 0 Å². The van der Waals surface area contributed by atoms with Gasteiger partial charge in [0.15, 0.2) is 0 Å². The smallest absolute Gasteiger partial charge is 0.406 e. The Labute approximate surface area is 133 Å². The maximum Gasteiger partial charge on any atom is 0.573 e. The van der Waals surface area contributed by atoms with Gasteiger partial charge >= 0.3 is 6.36 Å². The number of nitrogens with zero attached hydrogens (tertiary/aromatic N) is 3. The van der Waals surface area contributed by atoms with Gasteiger partial charge in [-0.2, -0.15) is 0 Å². The van der Waals surface area contributed by atoms with Crippen LogP contribution in [0.25, 0.3) is 0 Å². The minimum Gasteiger partial charge on any atom is -0.406 e. The topological polar surface area (TPSA) is 57.0 Å². The van der Waals surface area contributed by atoms with Crippen LogP contribution < -0.4 is 4.74 Å². The molecule has 2 aromatic rings. The largest absolute Gasteiger partial charge is 0.573 e. The van der Waals surface area contributed by atoms with Crippen LogP contribution in [0, 0.1) is 6.92 Å². The van der Waals surface area contributed by atoms with Gasteiger partial charge in [0.1, 0.15) is 17.4 Å². The zero-order chi connectivity index (χ0) is 17.2. The molecular weight excluding hydrogens is 331 g/mol. The first-order valence-corrected chi connectivity index (χ1v) is 8.13. The molecular formula is C14H16F3N3O2S. The minimum absolute atomic E-state index is 0.222. The summed E-state index contributed by atoms with van der Waals surface area (Å²) in [6, 6.07) is 5.38. The minimum atomic E-state index is -4.72. The molecule has 0 fully saturated rings. The average Bonchev–Trinajstić information content (AvgIpc) is 2.77. The van der Waals surface area contributed by atoms with Crippen LogP contribution in [0.4, 0.5) is 13.2 Å². The lowest BCUT2D eigenvalue weighted by Gasteiger charge is -2.13. The fraction of sp³-hybridized carbons (Fsp3) is 0.429. The highest BCUT2D eigenvalue weighted by Crippen LogP contribution is 2.27. The zero-order valence-corrected chi connectivity index (χ0v) is 13.6. The first-order chi connectivity index (χ1) is 10.7. The van der Waals surface area contributed by atoms with Gasteiger partial charge in [-0.25, -0.2) is 0 Å². The zero-order valence-electron chi connectivity index (χ0n) is 12.8. The van der Waals surface area contributed by atoms with Gasteiger partial charge in [0, 0.05) is 17.8 Å². The Balaban J connectivity index is 2.06. The van der Waals surface area contributed by atoms with Crippen molar-refractivity contribution in [3.05, 3.63) is 41.5 Å². The van der Waals surface area contributed by atoms with Crippen LogP contribution in [0.15, 0.2) is 24.3 Å². The Hall–Kier alpha value is -1.90. The fourth-order valence-electron chi connectivity index (χ4n) is 1.92. The van der Waals surface area contributed by atoms with Gasteiger partial charge in [-0.3, -0.25) is 4.21 Å². The monoisotopic (exact) mass is 347 g/mol. The number of hydrogen-bond donors (Lipinski definition) is 0. The normalized spacial score (nSPS) is 14.5. The molecule has 0 radical (unpaired) electrons. The maximum absolute atomic E-state index is 12.4. The molecule has 0 aliphatic carbocycles. The van der Waals surface area contributed by atoms with Crippen molar-refractivity contribution >= 4 is 10.8 Å². The van der Waals surface area contributed by atoms with Gasteiger partial charge in [-0.1, -0.05) is 12.1 Å². The number of rotatable bonds is 5. The predicted octanol–water partition coefficient (Wildman–Crippen LogP) is 3.03. The fourth-order valence-corrected chi connectivity index (χ4v) is 3.14. The molecule has 0 amide bonds. The average molecular weight is 347 g/mol. The van der Waals surface area contributed by atoms with Crippen molar-refractivity contribution in [1.29, 1.82) is 0 Å². The van der Waals surface area contributed by atoms with E-state index in [0.29, 0.717) is 11.4 Å². The van der Waals surface area contributed by atoms with Crippen molar-refractivity contribution in [2.24, 2.45) is 7.05 Å². The third-order valence-corrected chi connectivity index (χ3v) is 5.04. The van der Waals surface area contributed by atoms with Crippen molar-refractivity contribution in [2.45, 2.75) is 31.2 Å². The van der Waals surface area contributed by atoms with Crippen molar-refractivity contribution in [3.8, 4) is 5.75 Å². The molecule has 9 heteroatoms. The lowest BCUT2D eigenvalue weighted by atomic mass is 10.2. The molecule has 5 nitrogen and oxygen atoms in total. The molecule has 0 aliphatic rings. The van der Waals surface area contributed by atoms with Crippen molar-refractivity contribution in [1.82, 2.24) is 14.8 Å². The highest BCUT2D eigenvalue weighted by molar-refractivity contribution is 7.84. The molecule has 1 heterocycles. The molecule has 1 aromatic heterocycles. The first-order valence-electron chi connectivity index (χ1n) is 6.75. The third kappa shape index (κ3) is 4.54. The summed E-state index contributed by atoms with van der Waals surface area (Å²) >= 11 is 0. The number of halogens is 3. The van der Waals surface area contributed by atoms with E-state index in [2.05, 4.69) is 14.9 Å². The summed E-state index contributed by atoms with van der Waals surface area (Å²) in [5, 5.41) is 7.51. The summed E-state index contributed by atoms with van der Waals surface area (Å²) in [4.78, 5) is 0. The maximum atomic E-state index is 12.4. The van der Waals surface area contributed by atoms with Crippen LogP contribution in [0.3, 0.4) is 0 Å². The van der Waals surface area contributed by atoms with E-state index in [0.717, 1.165) is 5.82 Å². The summed E-state index contributed by atoms with van der Waals surface area (Å²) < 4.78 is 54.3. The summed E-state index contributed by atoms with van der Waals surface area (Å²) in [6.07, 6.45) is -4.72. The van der Waals surface area contributed by atoms with E-state index < -0.39 is 17.2 Å². The van der Waals surface area contributed by atoms with E-state index in [1.54, 1.807) is 25.5 Å². The van der Waals surface area contributed by atoms with Crippen LogP contribution in [-0.2, 0) is 23.6 Å². The molecule has 0 saturated heterocycles. The van der Waals surface area contributed by atoms with Crippen molar-refractivity contribution in [3.63, 3.8) is 0 Å². The van der Waals surface area contributed by atoms with Crippen LogP contribution in [0.1, 0.15) is 29.4 Å². The van der Waals surface area contributed by atoms with E-state index in [1.807, 2.05) is 0 Å². The van der Waals surface area contributed by atoms with Gasteiger partial charge in [0.05, 0.1) is 11.0 Å². The Bertz CT molecular complexity index is 698. The summed E-state index contributed by atoms with van der Waals surface area (Å²) in [6.45, 7) is 3.54. The second-order valence-electron chi connectivity index (χ2n) is 5.01. The lowest BCUT2D eigenvalue weighted by Crippen LogP contribution is -2.17. The number of ether oxygens (including phenoxy) is 1. The van der Waals surface area contributed by atoms with Crippen LogP contribution in [0.2, 0.25) is 0 Å². The molecule has 23 heavy (non-hydrogen) atoms. The molecule has 126 valence electrons. The molecule has 1 aromatic carbocycles. The quantitative estimate of drug-likeness (QED) is 0.834. The van der Waals surface area contributed by atoms with Crippen molar-refractivity contribution in [2.75, 3.05) is 0 Å². The summed E-state index contributed by atoms with van der Waals surface area (Å²) in [5.41, 5.74) is 0.664. The van der Waals surface area contributed by atoms with E-state index >= 15 is 0 Å². The van der Waals surface area contributed by atoms with E-state index in [-0.39, 0.29) is 16.8 Å². The van der Waals surface area contributed by atoms with Crippen LogP contribution in [-0.4, -0.2) is 25.3 Å². The Morgan fingerprint density at radius 2 is 1.87 bits per heavy atom. The molecule has 0 saturated carbocycles. The highest BCUT2D eigenvalue weighted by Gasteiger charge is 2.31. The molecule has 2 rings (SSSR count). The van der Waals surface area contributed by atoms with Crippen molar-refractivity contribution < 1.29 is 22.1 Å². The number of benzene rings is 1. The number of aromatic nitrogens is 3. The molecule has 0 N–H and O–H groups in total. The number of alkyl halides is 3. The van der Waals surface area contributed by atoms with E-state index in [4.69, 9.17) is 0 Å². The van der Waals surface area contributed by atoms with E-state index in [9.17, 15) is 17.4 Å². The number of aryl methyl sites for hydroxylation is 1. The van der Waals surface area contributed by atoms with Crippen LogP contribution >= 0.6 is 0 Å². The molecule has 0 aliphatic heterocycles. The van der Waals surface area contributed by atoms with Gasteiger partial charge < -0.3 is 9.30 Å². The Morgan fingerprint density at radius 1 is 1.26 bits per heavy atom. The lowest BCUT2D eigenvalue weighted by molar-refractivity contribution is -0.274. The molecule has 0 bridgehead atoms. The SMILES string of the molecule is Cc1nnc(C[S@@](=O)[C@H](C)c2ccc(OC(F)(F)F)cc2)n1C. The Morgan fingerprint density at radius 3 is 2.35 bits per heavy atom. The molecule has 2 atom stereocenters. The van der Waals surface area contributed by atoms with E-state index in [1.165, 1.54) is 24.3 Å². The summed E-state index contributed by atoms with van der Waals surface area (Å²) in [7, 11) is 0.512. The standard InChI is InChI=1S/C14H16F3N3O2S/c1-9(23(21)8-13-19-18-10(2)20(13)3)11-4-6-12(7-5-11)22-14(15,16)17/h4-7,9H,8H2,1-3H3/t9-,23-/m1/s1. The predicted molar refractivity (Wildman–Crippen MR) is 79.1 cm³/mol. The highest BCUT2D eigenvalue weighted by atomic mass is 32.2. The van der Waals surface area contributed by atoms with Gasteiger partial charge in [-0.15, -0.1) is 23.4 Å². The number of hydrogen-bond acceptors (Lipinski definition) is 4. The molecule has 0 unspecified atom stereocenters. The Kier molecular flexibility index (Phi) is 5.08.